The summed E-state index contributed by atoms with van der Waals surface area (Å²) >= 11 is 1.73. The number of nitrogens with zero attached hydrogens (tertiary/aromatic N) is 5. The molecule has 0 saturated carbocycles. The summed E-state index contributed by atoms with van der Waals surface area (Å²) < 4.78 is 35.3. The Kier molecular flexibility index (Phi) is 13.3. The van der Waals surface area contributed by atoms with Crippen molar-refractivity contribution in [1.29, 1.82) is 0 Å². The van der Waals surface area contributed by atoms with Crippen LogP contribution in [0.3, 0.4) is 0 Å². The zero-order valence-electron chi connectivity index (χ0n) is 50.8. The van der Waals surface area contributed by atoms with Gasteiger partial charge in [-0.25, -0.2) is 8.78 Å². The van der Waals surface area contributed by atoms with Gasteiger partial charge < -0.3 is 24.5 Å². The molecular weight excluding hydrogens is 1170 g/mol. The van der Waals surface area contributed by atoms with Crippen LogP contribution in [0.5, 0.6) is 0 Å². The zero-order valence-corrected chi connectivity index (χ0v) is 51.6. The van der Waals surface area contributed by atoms with Crippen LogP contribution in [-0.4, -0.2) is 13.4 Å². The van der Waals surface area contributed by atoms with E-state index in [9.17, 15) is 0 Å². The van der Waals surface area contributed by atoms with Crippen LogP contribution in [-0.2, 0) is 0 Å². The van der Waals surface area contributed by atoms with Crippen molar-refractivity contribution in [2.24, 2.45) is 0 Å². The normalized spacial score (nSPS) is 12.9. The van der Waals surface area contributed by atoms with Crippen LogP contribution in [0.25, 0.3) is 22.3 Å². The van der Waals surface area contributed by atoms with Crippen molar-refractivity contribution < 1.29 is 8.78 Å². The van der Waals surface area contributed by atoms with E-state index >= 15 is 8.78 Å². The zero-order chi connectivity index (χ0) is 62.4. The minimum atomic E-state index is -0.663. The third kappa shape index (κ3) is 9.08. The Bertz CT molecular complexity index is 5090. The van der Waals surface area contributed by atoms with E-state index in [0.29, 0.717) is 11.4 Å². The van der Waals surface area contributed by atoms with Crippen molar-refractivity contribution in [3.05, 3.63) is 345 Å². The number of halogens is 2. The van der Waals surface area contributed by atoms with E-state index in [2.05, 4.69) is 293 Å². The molecular formula is C84H55B2F2N5S. The van der Waals surface area contributed by atoms with Gasteiger partial charge in [0.2, 0.25) is 6.71 Å². The van der Waals surface area contributed by atoms with Crippen LogP contribution in [0.1, 0.15) is 0 Å². The second-order valence-corrected chi connectivity index (χ2v) is 25.3. The molecule has 0 spiro atoms. The van der Waals surface area contributed by atoms with Crippen LogP contribution in [0.15, 0.2) is 343 Å². The predicted octanol–water partition coefficient (Wildman–Crippen LogP) is 19.1. The summed E-state index contributed by atoms with van der Waals surface area (Å²) in [4.78, 5) is 13.4. The van der Waals surface area contributed by atoms with E-state index in [4.69, 9.17) is 0 Å². The first-order valence-electron chi connectivity index (χ1n) is 31.8. The Hall–Kier alpha value is -11.6. The van der Waals surface area contributed by atoms with E-state index in [-0.39, 0.29) is 19.1 Å². The lowest BCUT2D eigenvalue weighted by atomic mass is 9.31. The molecule has 0 N–H and O–H groups in total. The molecule has 4 aliphatic heterocycles. The summed E-state index contributed by atoms with van der Waals surface area (Å²) in [7, 11) is 0. The van der Waals surface area contributed by atoms with Gasteiger partial charge in [0.1, 0.15) is 17.3 Å². The molecule has 0 aromatic heterocycles. The van der Waals surface area contributed by atoms with Crippen molar-refractivity contribution >= 4 is 143 Å². The van der Waals surface area contributed by atoms with Crippen molar-refractivity contribution in [3.63, 3.8) is 0 Å². The highest BCUT2D eigenvalue weighted by molar-refractivity contribution is 8.00. The lowest BCUT2D eigenvalue weighted by Crippen LogP contribution is -2.64. The van der Waals surface area contributed by atoms with E-state index in [1.54, 1.807) is 11.8 Å². The minimum absolute atomic E-state index is 0.142. The smallest absolute Gasteiger partial charge is 0.252 e. The number of hydrogen-bond donors (Lipinski definition) is 0. The van der Waals surface area contributed by atoms with Crippen LogP contribution in [0, 0.1) is 11.6 Å². The fourth-order valence-electron chi connectivity index (χ4n) is 14.9. The lowest BCUT2D eigenvalue weighted by Gasteiger charge is -2.46. The molecule has 0 atom stereocenters. The highest BCUT2D eigenvalue weighted by Gasteiger charge is 2.48. The molecule has 0 unspecified atom stereocenters. The Balaban J connectivity index is 0.899. The molecule has 0 bridgehead atoms. The molecule has 0 fully saturated rings. The molecule has 0 amide bonds. The first kappa shape index (κ1) is 55.3. The molecule has 10 heteroatoms. The topological polar surface area (TPSA) is 16.2 Å². The molecule has 0 radical (unpaired) electrons. The van der Waals surface area contributed by atoms with Gasteiger partial charge in [0, 0.05) is 83.7 Å². The van der Waals surface area contributed by atoms with Gasteiger partial charge in [-0.05, 0) is 177 Å². The second kappa shape index (κ2) is 22.7. The standard InChI is InChI=1S/C84H55B2F2N5S/c87-72-38-23-39-73(88)84(72)93-76-55-80-71(54-70(76)85-68-36-19-21-40-74(68)91(62-32-15-5-16-33-62)77-50-66(51-78(93)82(77)85)89(60-28-11-3-12-29-60)61-30-13-4-14-31-61)86-69-37-20-22-41-75(69)92(63-34-17-6-18-35-63)79-52-67(53-81(94-80)83(79)86)90(64-46-42-58(43-47-64)56-24-7-1-8-25-56)65-48-44-59(45-49-65)57-26-9-2-10-27-57/h1-55H. The van der Waals surface area contributed by atoms with Gasteiger partial charge in [-0.2, -0.15) is 0 Å². The minimum Gasteiger partial charge on any atom is -0.311 e. The summed E-state index contributed by atoms with van der Waals surface area (Å²) in [5, 5.41) is 0. The molecule has 0 aliphatic carbocycles. The van der Waals surface area contributed by atoms with Gasteiger partial charge in [-0.3, -0.25) is 0 Å². The van der Waals surface area contributed by atoms with Gasteiger partial charge in [0.15, 0.2) is 0 Å². The van der Waals surface area contributed by atoms with Gasteiger partial charge in [0.25, 0.3) is 6.71 Å². The number of hydrogen-bond acceptors (Lipinski definition) is 6. The SMILES string of the molecule is Fc1cccc(F)c1N1c2cc3c(cc2B2c4ccccc4N(c4ccccc4)c4cc(N(c5ccccc5)c5ccccc5)cc1c42)B1c2ccccc2N(c2ccccc2)c2cc(N(c4ccc(-c5ccccc5)cc4)c4ccc(-c5ccccc5)cc4)cc(c21)S3. The van der Waals surface area contributed by atoms with Crippen LogP contribution < -0.4 is 57.3 Å². The number of rotatable bonds is 11. The maximum atomic E-state index is 17.6. The predicted molar refractivity (Wildman–Crippen MR) is 391 cm³/mol. The molecule has 4 aliphatic rings. The van der Waals surface area contributed by atoms with E-state index < -0.39 is 11.6 Å². The second-order valence-electron chi connectivity index (χ2n) is 24.2. The third-order valence-corrected chi connectivity index (χ3v) is 20.1. The quantitative estimate of drug-likeness (QED) is 0.119. The maximum Gasteiger partial charge on any atom is 0.252 e. The summed E-state index contributed by atoms with van der Waals surface area (Å²) in [5.74, 6) is -1.33. The molecule has 4 heterocycles. The first-order chi connectivity index (χ1) is 46.5. The van der Waals surface area contributed by atoms with Crippen LogP contribution in [0.4, 0.5) is 94.1 Å². The Labute approximate surface area is 550 Å². The summed E-state index contributed by atoms with van der Waals surface area (Å²) in [6.45, 7) is -0.612. The molecule has 0 saturated heterocycles. The molecule has 14 aromatic carbocycles. The largest absolute Gasteiger partial charge is 0.311 e. The van der Waals surface area contributed by atoms with Gasteiger partial charge >= 0.3 is 0 Å². The monoisotopic (exact) mass is 1230 g/mol. The Morgan fingerprint density at radius 2 is 0.638 bits per heavy atom. The number of anilines is 15. The fraction of sp³-hybridized carbons (Fsp3) is 0. The summed E-state index contributed by atoms with van der Waals surface area (Å²) in [5.41, 5.74) is 24.1. The number of para-hydroxylation sites is 7. The third-order valence-electron chi connectivity index (χ3n) is 18.9. The number of benzene rings is 14. The van der Waals surface area contributed by atoms with E-state index in [0.717, 1.165) is 122 Å². The molecule has 5 nitrogen and oxygen atoms in total. The molecule has 14 aromatic rings. The van der Waals surface area contributed by atoms with Crippen molar-refractivity contribution in [1.82, 2.24) is 0 Å². The summed E-state index contributed by atoms with van der Waals surface area (Å²) in [6, 6.07) is 116. The molecule has 442 valence electrons. The van der Waals surface area contributed by atoms with Crippen LogP contribution in [0.2, 0.25) is 0 Å². The molecule has 18 rings (SSSR count). The maximum absolute atomic E-state index is 17.6. The average molecular weight is 1230 g/mol. The molecule has 94 heavy (non-hydrogen) atoms. The van der Waals surface area contributed by atoms with E-state index in [1.807, 2.05) is 47.4 Å². The van der Waals surface area contributed by atoms with Crippen molar-refractivity contribution in [2.75, 3.05) is 24.5 Å². The number of fused-ring (bicyclic) bond motifs is 8. The van der Waals surface area contributed by atoms with Gasteiger partial charge in [0.05, 0.1) is 5.69 Å². The Morgan fingerprint density at radius 1 is 0.255 bits per heavy atom. The average Bonchev–Trinajstić information content (AvgIpc) is 0.697. The summed E-state index contributed by atoms with van der Waals surface area (Å²) in [6.07, 6.45) is 0. The highest BCUT2D eigenvalue weighted by Crippen LogP contribution is 2.52. The van der Waals surface area contributed by atoms with Gasteiger partial charge in [-0.1, -0.05) is 223 Å². The highest BCUT2D eigenvalue weighted by atomic mass is 32.2. The lowest BCUT2D eigenvalue weighted by molar-refractivity contribution is 0.586. The van der Waals surface area contributed by atoms with Crippen LogP contribution >= 0.6 is 11.8 Å². The van der Waals surface area contributed by atoms with Gasteiger partial charge in [-0.15, -0.1) is 0 Å². The van der Waals surface area contributed by atoms with E-state index in [1.165, 1.54) is 29.1 Å². The van der Waals surface area contributed by atoms with Crippen molar-refractivity contribution in [3.8, 4) is 22.3 Å². The van der Waals surface area contributed by atoms with Crippen molar-refractivity contribution in [2.45, 2.75) is 9.79 Å². The fourth-order valence-corrected chi connectivity index (χ4v) is 16.2. The Morgan fingerprint density at radius 3 is 1.13 bits per heavy atom. The first-order valence-corrected chi connectivity index (χ1v) is 32.7.